The van der Waals surface area contributed by atoms with Crippen LogP contribution < -0.4 is 4.90 Å². The lowest BCUT2D eigenvalue weighted by molar-refractivity contribution is -0.953. The lowest BCUT2D eigenvalue weighted by atomic mass is 9.93. The van der Waals surface area contributed by atoms with Crippen LogP contribution in [0.2, 0.25) is 0 Å². The molecule has 4 heteroatoms. The van der Waals surface area contributed by atoms with Gasteiger partial charge >= 0.3 is 0 Å². The number of hydrogen-bond donors (Lipinski definition) is 1. The van der Waals surface area contributed by atoms with Gasteiger partial charge in [0.2, 0.25) is 0 Å². The third-order valence-electron chi connectivity index (χ3n) is 6.31. The van der Waals surface area contributed by atoms with E-state index in [0.29, 0.717) is 12.6 Å². The van der Waals surface area contributed by atoms with E-state index in [-0.39, 0.29) is 5.82 Å². The summed E-state index contributed by atoms with van der Waals surface area (Å²) in [5, 5.41) is 9.53. The molecule has 1 heterocycles. The molecule has 0 aliphatic heterocycles. The van der Waals surface area contributed by atoms with E-state index in [1.165, 1.54) is 48.8 Å². The second-order valence-electron chi connectivity index (χ2n) is 8.37. The van der Waals surface area contributed by atoms with E-state index in [2.05, 4.69) is 35.0 Å². The van der Waals surface area contributed by atoms with Gasteiger partial charge in [0.15, 0.2) is 0 Å². The van der Waals surface area contributed by atoms with Crippen LogP contribution in [0.3, 0.4) is 0 Å². The first-order chi connectivity index (χ1) is 14.7. The third kappa shape index (κ3) is 4.98. The molecular formula is C26H29FN3+. The lowest BCUT2D eigenvalue weighted by Crippen LogP contribution is -3.13. The second-order valence-corrected chi connectivity index (χ2v) is 8.37. The van der Waals surface area contributed by atoms with Crippen molar-refractivity contribution in [2.24, 2.45) is 0 Å². The van der Waals surface area contributed by atoms with Gasteiger partial charge < -0.3 is 9.47 Å². The van der Waals surface area contributed by atoms with Crippen LogP contribution in [0.15, 0.2) is 66.9 Å². The lowest BCUT2D eigenvalue weighted by Gasteiger charge is -2.32. The van der Waals surface area contributed by atoms with Crippen molar-refractivity contribution in [1.82, 2.24) is 4.57 Å². The van der Waals surface area contributed by atoms with Gasteiger partial charge in [0, 0.05) is 18.3 Å². The number of nitrogens with zero attached hydrogens (tertiary/aromatic N) is 2. The van der Waals surface area contributed by atoms with Crippen molar-refractivity contribution in [2.45, 2.75) is 57.8 Å². The fraction of sp³-hybridized carbons (Fsp3) is 0.346. The fourth-order valence-corrected chi connectivity index (χ4v) is 4.72. The number of nitrogens with one attached hydrogen (secondary N) is 1. The Morgan fingerprint density at radius 3 is 2.60 bits per heavy atom. The molecule has 1 N–H and O–H groups in total. The van der Waals surface area contributed by atoms with Crippen LogP contribution in [0.1, 0.15) is 54.5 Å². The molecular weight excluding hydrogens is 373 g/mol. The van der Waals surface area contributed by atoms with E-state index >= 15 is 0 Å². The molecule has 1 aromatic heterocycles. The molecule has 3 aromatic rings. The SMILES string of the molecule is N#Cc1ccccc1C[NH+](Cc1cccn1Cc1cccc(F)c1)C1CCCCC1. The van der Waals surface area contributed by atoms with E-state index in [1.807, 2.05) is 24.3 Å². The summed E-state index contributed by atoms with van der Waals surface area (Å²) in [6.45, 7) is 2.44. The minimum atomic E-state index is -0.191. The molecule has 2 aromatic carbocycles. The average Bonchev–Trinajstić information content (AvgIpc) is 3.21. The normalized spacial score (nSPS) is 15.6. The molecule has 0 bridgehead atoms. The summed E-state index contributed by atoms with van der Waals surface area (Å²) in [7, 11) is 0. The smallest absolute Gasteiger partial charge is 0.123 e. The minimum Gasteiger partial charge on any atom is -0.342 e. The van der Waals surface area contributed by atoms with Gasteiger partial charge in [-0.3, -0.25) is 0 Å². The molecule has 0 spiro atoms. The maximum atomic E-state index is 13.6. The zero-order valence-corrected chi connectivity index (χ0v) is 17.4. The Morgan fingerprint density at radius 1 is 0.967 bits per heavy atom. The van der Waals surface area contributed by atoms with Gasteiger partial charge in [-0.25, -0.2) is 4.39 Å². The summed E-state index contributed by atoms with van der Waals surface area (Å²) in [6.07, 6.45) is 8.48. The number of aromatic nitrogens is 1. The quantitative estimate of drug-likeness (QED) is 0.622. The molecule has 1 fully saturated rings. The summed E-state index contributed by atoms with van der Waals surface area (Å²) in [4.78, 5) is 1.52. The number of rotatable bonds is 7. The Labute approximate surface area is 178 Å². The van der Waals surface area contributed by atoms with Crippen LogP contribution in [0.25, 0.3) is 0 Å². The van der Waals surface area contributed by atoms with Crippen molar-refractivity contribution in [1.29, 1.82) is 5.26 Å². The van der Waals surface area contributed by atoms with Crippen LogP contribution in [-0.4, -0.2) is 10.6 Å². The maximum Gasteiger partial charge on any atom is 0.123 e. The zero-order valence-electron chi connectivity index (χ0n) is 17.4. The highest BCUT2D eigenvalue weighted by Gasteiger charge is 2.26. The van der Waals surface area contributed by atoms with Gasteiger partial charge in [-0.15, -0.1) is 0 Å². The van der Waals surface area contributed by atoms with E-state index < -0.39 is 0 Å². The van der Waals surface area contributed by atoms with Crippen molar-refractivity contribution in [3.05, 3.63) is 95.1 Å². The predicted octanol–water partition coefficient (Wildman–Crippen LogP) is 4.46. The Balaban J connectivity index is 1.56. The highest BCUT2D eigenvalue weighted by molar-refractivity contribution is 5.36. The molecule has 4 rings (SSSR count). The average molecular weight is 403 g/mol. The topological polar surface area (TPSA) is 33.2 Å². The first-order valence-corrected chi connectivity index (χ1v) is 10.9. The molecule has 0 saturated heterocycles. The molecule has 1 aliphatic rings. The Kier molecular flexibility index (Phi) is 6.61. The third-order valence-corrected chi connectivity index (χ3v) is 6.31. The Hall–Kier alpha value is -2.90. The van der Waals surface area contributed by atoms with E-state index in [0.717, 1.165) is 29.8 Å². The number of benzene rings is 2. The number of quaternary nitrogens is 1. The second kappa shape index (κ2) is 9.73. The van der Waals surface area contributed by atoms with E-state index in [9.17, 15) is 9.65 Å². The van der Waals surface area contributed by atoms with Crippen LogP contribution in [-0.2, 0) is 19.6 Å². The van der Waals surface area contributed by atoms with Crippen molar-refractivity contribution in [3.8, 4) is 6.07 Å². The number of halogens is 1. The largest absolute Gasteiger partial charge is 0.342 e. The molecule has 3 nitrogen and oxygen atoms in total. The predicted molar refractivity (Wildman–Crippen MR) is 116 cm³/mol. The van der Waals surface area contributed by atoms with Gasteiger partial charge in [-0.05, 0) is 61.6 Å². The monoisotopic (exact) mass is 402 g/mol. The standard InChI is InChI=1S/C26H28FN3/c27-24-11-6-8-21(16-24)18-29-15-7-14-26(29)20-30(25-12-2-1-3-13-25)19-23-10-5-4-9-22(23)17-28/h4-11,14-16,25H,1-3,12-13,18-20H2/p+1. The first kappa shape index (κ1) is 20.4. The molecule has 1 atom stereocenters. The van der Waals surface area contributed by atoms with Gasteiger partial charge in [0.05, 0.1) is 23.4 Å². The van der Waals surface area contributed by atoms with Gasteiger partial charge in [-0.2, -0.15) is 5.26 Å². The van der Waals surface area contributed by atoms with E-state index in [1.54, 1.807) is 12.1 Å². The van der Waals surface area contributed by atoms with Gasteiger partial charge in [0.1, 0.15) is 18.9 Å². The van der Waals surface area contributed by atoms with Crippen LogP contribution in [0, 0.1) is 17.1 Å². The maximum absolute atomic E-state index is 13.6. The molecule has 1 saturated carbocycles. The van der Waals surface area contributed by atoms with Crippen molar-refractivity contribution >= 4 is 0 Å². The van der Waals surface area contributed by atoms with Crippen LogP contribution >= 0.6 is 0 Å². The molecule has 0 radical (unpaired) electrons. The first-order valence-electron chi connectivity index (χ1n) is 10.9. The Bertz CT molecular complexity index is 1010. The van der Waals surface area contributed by atoms with Gasteiger partial charge in [-0.1, -0.05) is 36.8 Å². The van der Waals surface area contributed by atoms with Crippen molar-refractivity contribution < 1.29 is 9.29 Å². The summed E-state index contributed by atoms with van der Waals surface area (Å²) in [5.41, 5.74) is 4.14. The van der Waals surface area contributed by atoms with Crippen molar-refractivity contribution in [3.63, 3.8) is 0 Å². The molecule has 154 valence electrons. The fourth-order valence-electron chi connectivity index (χ4n) is 4.72. The number of nitriles is 1. The number of hydrogen-bond acceptors (Lipinski definition) is 1. The van der Waals surface area contributed by atoms with Crippen molar-refractivity contribution in [2.75, 3.05) is 0 Å². The summed E-state index contributed by atoms with van der Waals surface area (Å²) in [6, 6.07) is 22.0. The Morgan fingerprint density at radius 2 is 1.80 bits per heavy atom. The van der Waals surface area contributed by atoms with E-state index in [4.69, 9.17) is 0 Å². The molecule has 30 heavy (non-hydrogen) atoms. The minimum absolute atomic E-state index is 0.191. The van der Waals surface area contributed by atoms with Crippen LogP contribution in [0.4, 0.5) is 4.39 Å². The highest BCUT2D eigenvalue weighted by atomic mass is 19.1. The van der Waals surface area contributed by atoms with Crippen LogP contribution in [0.5, 0.6) is 0 Å². The molecule has 1 unspecified atom stereocenters. The summed E-state index contributed by atoms with van der Waals surface area (Å²) in [5.74, 6) is -0.191. The molecule has 0 amide bonds. The summed E-state index contributed by atoms with van der Waals surface area (Å²) >= 11 is 0. The molecule has 1 aliphatic carbocycles. The summed E-state index contributed by atoms with van der Waals surface area (Å²) < 4.78 is 15.9. The van der Waals surface area contributed by atoms with Gasteiger partial charge in [0.25, 0.3) is 0 Å². The highest BCUT2D eigenvalue weighted by Crippen LogP contribution is 2.17. The zero-order chi connectivity index (χ0) is 20.8.